The molecule has 2 aliphatic heterocycles. The Balaban J connectivity index is 1.45. The largest absolute Gasteiger partial charge is 0.454 e. The van der Waals surface area contributed by atoms with Gasteiger partial charge < -0.3 is 24.8 Å². The van der Waals surface area contributed by atoms with Gasteiger partial charge in [0.05, 0.1) is 6.10 Å². The molecule has 26 heavy (non-hydrogen) atoms. The van der Waals surface area contributed by atoms with Gasteiger partial charge in [0.15, 0.2) is 11.5 Å². The maximum atomic E-state index is 12.5. The molecule has 7 nitrogen and oxygen atoms in total. The topological polar surface area (TPSA) is 83.9 Å². The van der Waals surface area contributed by atoms with Gasteiger partial charge in [-0.15, -0.1) is 0 Å². The zero-order chi connectivity index (χ0) is 17.9. The first-order chi connectivity index (χ1) is 12.7. The second-order valence-corrected chi connectivity index (χ2v) is 6.48. The highest BCUT2D eigenvalue weighted by Gasteiger charge is 2.21. The fourth-order valence-corrected chi connectivity index (χ4v) is 3.32. The summed E-state index contributed by atoms with van der Waals surface area (Å²) < 4.78 is 10.6. The van der Waals surface area contributed by atoms with Crippen LogP contribution in [0.5, 0.6) is 11.5 Å². The number of fused-ring (bicyclic) bond motifs is 1. The molecule has 136 valence electrons. The molecule has 0 bridgehead atoms. The molecule has 3 heterocycles. The Labute approximate surface area is 151 Å². The van der Waals surface area contributed by atoms with Crippen molar-refractivity contribution in [3.63, 3.8) is 0 Å². The van der Waals surface area contributed by atoms with E-state index in [1.54, 1.807) is 24.4 Å². The maximum Gasteiger partial charge on any atom is 0.251 e. The molecule has 1 unspecified atom stereocenters. The second-order valence-electron chi connectivity index (χ2n) is 6.48. The molecule has 0 saturated carbocycles. The van der Waals surface area contributed by atoms with Gasteiger partial charge in [-0.25, -0.2) is 4.98 Å². The summed E-state index contributed by atoms with van der Waals surface area (Å²) in [5.41, 5.74) is 1.45. The number of amides is 1. The molecule has 4 rings (SSSR count). The summed E-state index contributed by atoms with van der Waals surface area (Å²) in [5.74, 6) is 1.87. The average molecular weight is 355 g/mol. The molecular weight excluding hydrogens is 334 g/mol. The lowest BCUT2D eigenvalue weighted by atomic mass is 10.1. The number of carbonyl (C=O) groups excluding carboxylic acids is 1. The summed E-state index contributed by atoms with van der Waals surface area (Å²) in [6, 6.07) is 8.94. The lowest BCUT2D eigenvalue weighted by Gasteiger charge is -2.32. The lowest BCUT2D eigenvalue weighted by molar-refractivity contribution is 0.0950. The number of pyridine rings is 1. The second kappa shape index (κ2) is 7.21. The van der Waals surface area contributed by atoms with Crippen molar-refractivity contribution in [1.82, 2.24) is 10.3 Å². The Kier molecular flexibility index (Phi) is 4.62. The Morgan fingerprint density at radius 2 is 2.19 bits per heavy atom. The highest BCUT2D eigenvalue weighted by molar-refractivity contribution is 5.95. The molecule has 1 fully saturated rings. The van der Waals surface area contributed by atoms with Gasteiger partial charge in [0.1, 0.15) is 5.82 Å². The van der Waals surface area contributed by atoms with E-state index in [1.807, 2.05) is 12.1 Å². The molecule has 0 spiro atoms. The summed E-state index contributed by atoms with van der Waals surface area (Å²) in [5, 5.41) is 12.8. The smallest absolute Gasteiger partial charge is 0.251 e. The molecule has 1 saturated heterocycles. The van der Waals surface area contributed by atoms with E-state index >= 15 is 0 Å². The third kappa shape index (κ3) is 3.43. The van der Waals surface area contributed by atoms with Gasteiger partial charge in [-0.2, -0.15) is 0 Å². The fraction of sp³-hybridized carbons (Fsp3) is 0.368. The van der Waals surface area contributed by atoms with Crippen molar-refractivity contribution in [2.45, 2.75) is 25.5 Å². The van der Waals surface area contributed by atoms with E-state index in [2.05, 4.69) is 15.2 Å². The van der Waals surface area contributed by atoms with E-state index < -0.39 is 0 Å². The van der Waals surface area contributed by atoms with Crippen LogP contribution in [0.3, 0.4) is 0 Å². The number of ether oxygens (including phenoxy) is 2. The van der Waals surface area contributed by atoms with Crippen LogP contribution in [0.4, 0.5) is 5.82 Å². The normalized spacial score (nSPS) is 18.7. The molecule has 0 radical (unpaired) electrons. The summed E-state index contributed by atoms with van der Waals surface area (Å²) in [6.45, 7) is 1.97. The van der Waals surface area contributed by atoms with Crippen LogP contribution in [0.15, 0.2) is 36.5 Å². The fourth-order valence-electron chi connectivity index (χ4n) is 3.32. The van der Waals surface area contributed by atoms with Crippen molar-refractivity contribution in [1.29, 1.82) is 0 Å². The zero-order valence-corrected chi connectivity index (χ0v) is 14.4. The summed E-state index contributed by atoms with van der Waals surface area (Å²) in [6.07, 6.45) is 3.15. The number of piperidine rings is 1. The lowest BCUT2D eigenvalue weighted by Crippen LogP contribution is -2.39. The first kappa shape index (κ1) is 16.7. The summed E-state index contributed by atoms with van der Waals surface area (Å²) >= 11 is 0. The molecule has 0 aliphatic carbocycles. The number of benzene rings is 1. The number of aliphatic hydroxyl groups excluding tert-OH is 1. The first-order valence-electron chi connectivity index (χ1n) is 8.75. The molecule has 2 aliphatic rings. The van der Waals surface area contributed by atoms with Crippen LogP contribution in [0, 0.1) is 0 Å². The van der Waals surface area contributed by atoms with E-state index in [1.165, 1.54) is 0 Å². The van der Waals surface area contributed by atoms with Crippen LogP contribution in [0.25, 0.3) is 0 Å². The van der Waals surface area contributed by atoms with Crippen molar-refractivity contribution < 1.29 is 19.4 Å². The number of nitrogens with one attached hydrogen (secondary N) is 1. The first-order valence-corrected chi connectivity index (χ1v) is 8.75. The van der Waals surface area contributed by atoms with Crippen LogP contribution in [-0.2, 0) is 6.54 Å². The Hall–Kier alpha value is -2.80. The number of rotatable bonds is 4. The van der Waals surface area contributed by atoms with Crippen molar-refractivity contribution in [3.05, 3.63) is 47.7 Å². The third-order valence-electron chi connectivity index (χ3n) is 4.64. The van der Waals surface area contributed by atoms with Crippen LogP contribution in [-0.4, -0.2) is 42.0 Å². The summed E-state index contributed by atoms with van der Waals surface area (Å²) in [7, 11) is 0. The Morgan fingerprint density at radius 1 is 1.31 bits per heavy atom. The molecule has 2 aromatic rings. The number of β-amino-alcohol motifs (C(OH)–C–C–N with tert-alkyl or cyclic N) is 1. The number of anilines is 1. The quantitative estimate of drug-likeness (QED) is 0.869. The number of hydrogen-bond donors (Lipinski definition) is 2. The van der Waals surface area contributed by atoms with E-state index in [4.69, 9.17) is 9.47 Å². The van der Waals surface area contributed by atoms with Crippen molar-refractivity contribution in [3.8, 4) is 11.5 Å². The van der Waals surface area contributed by atoms with Crippen LogP contribution >= 0.6 is 0 Å². The minimum atomic E-state index is -0.332. The number of aliphatic hydroxyl groups is 1. The Morgan fingerprint density at radius 3 is 3.08 bits per heavy atom. The van der Waals surface area contributed by atoms with E-state index in [0.29, 0.717) is 30.2 Å². The van der Waals surface area contributed by atoms with Crippen molar-refractivity contribution in [2.75, 3.05) is 24.8 Å². The SMILES string of the molecule is O=C(NCc1cccnc1N1CCCC(O)C1)c1ccc2c(c1)OCO2. The van der Waals surface area contributed by atoms with Gasteiger partial charge in [0.2, 0.25) is 6.79 Å². The molecule has 1 aromatic heterocycles. The van der Waals surface area contributed by atoms with E-state index in [0.717, 1.165) is 30.8 Å². The molecule has 2 N–H and O–H groups in total. The molecule has 1 aromatic carbocycles. The highest BCUT2D eigenvalue weighted by Crippen LogP contribution is 2.32. The van der Waals surface area contributed by atoms with Crippen LogP contribution in [0.1, 0.15) is 28.8 Å². The highest BCUT2D eigenvalue weighted by atomic mass is 16.7. The van der Waals surface area contributed by atoms with Gasteiger partial charge in [-0.1, -0.05) is 6.07 Å². The van der Waals surface area contributed by atoms with Gasteiger partial charge in [-0.05, 0) is 37.1 Å². The molecule has 7 heteroatoms. The van der Waals surface area contributed by atoms with Crippen LogP contribution < -0.4 is 19.7 Å². The average Bonchev–Trinajstić information content (AvgIpc) is 3.14. The van der Waals surface area contributed by atoms with Gasteiger partial charge in [0.25, 0.3) is 5.91 Å². The van der Waals surface area contributed by atoms with Crippen molar-refractivity contribution >= 4 is 11.7 Å². The summed E-state index contributed by atoms with van der Waals surface area (Å²) in [4.78, 5) is 19.0. The van der Waals surface area contributed by atoms with E-state index in [-0.39, 0.29) is 18.8 Å². The monoisotopic (exact) mass is 355 g/mol. The Bertz CT molecular complexity index is 811. The number of nitrogens with zero attached hydrogens (tertiary/aromatic N) is 2. The van der Waals surface area contributed by atoms with Gasteiger partial charge in [0, 0.05) is 37.0 Å². The minimum Gasteiger partial charge on any atom is -0.454 e. The predicted molar refractivity (Wildman–Crippen MR) is 95.4 cm³/mol. The number of aromatic nitrogens is 1. The van der Waals surface area contributed by atoms with Gasteiger partial charge >= 0.3 is 0 Å². The minimum absolute atomic E-state index is 0.182. The zero-order valence-electron chi connectivity index (χ0n) is 14.4. The molecular formula is C19H21N3O4. The molecule has 1 atom stereocenters. The van der Waals surface area contributed by atoms with E-state index in [9.17, 15) is 9.90 Å². The van der Waals surface area contributed by atoms with Gasteiger partial charge in [-0.3, -0.25) is 4.79 Å². The van der Waals surface area contributed by atoms with Crippen molar-refractivity contribution in [2.24, 2.45) is 0 Å². The predicted octanol–water partition coefficient (Wildman–Crippen LogP) is 1.70. The molecule has 1 amide bonds. The van der Waals surface area contributed by atoms with Crippen LogP contribution in [0.2, 0.25) is 0 Å². The maximum absolute atomic E-state index is 12.5. The number of hydrogen-bond acceptors (Lipinski definition) is 6. The standard InChI is InChI=1S/C19H21N3O4/c23-15-4-2-8-22(11-15)18-14(3-1-7-20-18)10-21-19(24)13-5-6-16-17(9-13)26-12-25-16/h1,3,5-7,9,15,23H,2,4,8,10-12H2,(H,21,24). The number of carbonyl (C=O) groups is 1. The third-order valence-corrected chi connectivity index (χ3v) is 4.64.